The molecule has 1 aromatic heterocycles. The Labute approximate surface area is 102 Å². The number of aryl methyl sites for hydroxylation is 2. The van der Waals surface area contributed by atoms with Crippen LogP contribution < -0.4 is 0 Å². The Morgan fingerprint density at radius 1 is 1.35 bits per heavy atom. The molecule has 1 rings (SSSR count). The number of aromatic nitrogens is 1. The van der Waals surface area contributed by atoms with Gasteiger partial charge in [-0.05, 0) is 31.4 Å². The molecule has 0 aromatic carbocycles. The quantitative estimate of drug-likeness (QED) is 0.751. The fourth-order valence-corrected chi connectivity index (χ4v) is 2.29. The van der Waals surface area contributed by atoms with Gasteiger partial charge in [-0.15, -0.1) is 0 Å². The van der Waals surface area contributed by atoms with E-state index >= 15 is 0 Å². The zero-order valence-corrected chi connectivity index (χ0v) is 11.2. The van der Waals surface area contributed by atoms with Gasteiger partial charge in [-0.2, -0.15) is 0 Å². The van der Waals surface area contributed by atoms with Gasteiger partial charge in [0, 0.05) is 18.9 Å². The van der Waals surface area contributed by atoms with Crippen molar-refractivity contribution < 1.29 is 13.2 Å². The zero-order chi connectivity index (χ0) is 13.1. The van der Waals surface area contributed by atoms with E-state index in [4.69, 9.17) is 0 Å². The van der Waals surface area contributed by atoms with Crippen LogP contribution in [-0.4, -0.2) is 31.2 Å². The van der Waals surface area contributed by atoms with Crippen molar-refractivity contribution in [3.8, 4) is 0 Å². The number of carbonyl (C=O) groups is 1. The van der Waals surface area contributed by atoms with E-state index < -0.39 is 9.84 Å². The molecule has 0 bridgehead atoms. The summed E-state index contributed by atoms with van der Waals surface area (Å²) in [5.41, 5.74) is 2.30. The summed E-state index contributed by atoms with van der Waals surface area (Å²) in [4.78, 5) is 15.9. The number of ketones is 1. The van der Waals surface area contributed by atoms with Crippen molar-refractivity contribution in [2.24, 2.45) is 0 Å². The summed E-state index contributed by atoms with van der Waals surface area (Å²) in [6, 6.07) is 1.90. The normalized spacial score (nSPS) is 11.5. The van der Waals surface area contributed by atoms with Crippen molar-refractivity contribution in [1.82, 2.24) is 4.98 Å². The Hall–Kier alpha value is -1.23. The van der Waals surface area contributed by atoms with Crippen LogP contribution in [-0.2, 0) is 9.84 Å². The van der Waals surface area contributed by atoms with E-state index in [1.165, 1.54) is 6.26 Å². The third kappa shape index (κ3) is 4.65. The van der Waals surface area contributed by atoms with E-state index in [1.54, 1.807) is 6.20 Å². The Morgan fingerprint density at radius 2 is 2.00 bits per heavy atom. The van der Waals surface area contributed by atoms with Crippen molar-refractivity contribution in [2.75, 3.05) is 12.0 Å². The number of Topliss-reactive ketones (excluding diaryl/α,β-unsaturated/α-hetero) is 1. The molecule has 0 radical (unpaired) electrons. The van der Waals surface area contributed by atoms with Gasteiger partial charge in [-0.25, -0.2) is 8.42 Å². The molecular formula is C12H17NO3S. The van der Waals surface area contributed by atoms with E-state index in [-0.39, 0.29) is 18.0 Å². The first-order valence-electron chi connectivity index (χ1n) is 5.44. The summed E-state index contributed by atoms with van der Waals surface area (Å²) in [7, 11) is -2.99. The molecule has 0 N–H and O–H groups in total. The predicted molar refractivity (Wildman–Crippen MR) is 67.0 cm³/mol. The first-order chi connectivity index (χ1) is 7.79. The number of hydrogen-bond acceptors (Lipinski definition) is 4. The van der Waals surface area contributed by atoms with Gasteiger partial charge in [-0.3, -0.25) is 9.78 Å². The average Bonchev–Trinajstić information content (AvgIpc) is 2.15. The molecule has 0 aliphatic carbocycles. The van der Waals surface area contributed by atoms with Crippen LogP contribution in [0.3, 0.4) is 0 Å². The minimum absolute atomic E-state index is 0.0453. The lowest BCUT2D eigenvalue weighted by Gasteiger charge is -2.04. The van der Waals surface area contributed by atoms with E-state index in [0.29, 0.717) is 12.1 Å². The number of sulfone groups is 1. The summed E-state index contributed by atoms with van der Waals surface area (Å²) >= 11 is 0. The first-order valence-corrected chi connectivity index (χ1v) is 7.50. The van der Waals surface area contributed by atoms with Crippen LogP contribution in [0.25, 0.3) is 0 Å². The lowest BCUT2D eigenvalue weighted by Crippen LogP contribution is -2.09. The van der Waals surface area contributed by atoms with Gasteiger partial charge in [0.2, 0.25) is 0 Å². The fourth-order valence-electron chi connectivity index (χ4n) is 1.62. The van der Waals surface area contributed by atoms with Gasteiger partial charge >= 0.3 is 0 Å². The lowest BCUT2D eigenvalue weighted by molar-refractivity contribution is 0.0976. The molecule has 94 valence electrons. The Morgan fingerprint density at radius 3 is 2.53 bits per heavy atom. The number of carbonyl (C=O) groups excluding carboxylic acids is 1. The molecule has 0 unspecified atom stereocenters. The van der Waals surface area contributed by atoms with Crippen LogP contribution in [0.5, 0.6) is 0 Å². The van der Waals surface area contributed by atoms with Gasteiger partial charge < -0.3 is 0 Å². The Balaban J connectivity index is 2.65. The molecular weight excluding hydrogens is 238 g/mol. The standard InChI is InChI=1S/C12H17NO3S/c1-9-7-10(2)12(13-8-9)11(14)5-4-6-17(3,15)16/h7-8H,4-6H2,1-3H3. The van der Waals surface area contributed by atoms with Crippen molar-refractivity contribution in [3.05, 3.63) is 29.1 Å². The summed E-state index contributed by atoms with van der Waals surface area (Å²) in [5.74, 6) is -0.0462. The number of nitrogens with zero attached hydrogens (tertiary/aromatic N) is 1. The molecule has 5 heteroatoms. The molecule has 0 fully saturated rings. The van der Waals surface area contributed by atoms with Crippen LogP contribution >= 0.6 is 0 Å². The third-order valence-electron chi connectivity index (χ3n) is 2.40. The number of rotatable bonds is 5. The van der Waals surface area contributed by atoms with Crippen LogP contribution in [0, 0.1) is 13.8 Å². The van der Waals surface area contributed by atoms with Gasteiger partial charge in [0.05, 0.1) is 5.75 Å². The molecule has 0 aliphatic heterocycles. The highest BCUT2D eigenvalue weighted by molar-refractivity contribution is 7.90. The minimum Gasteiger partial charge on any atom is -0.292 e. The molecule has 0 aliphatic rings. The second kappa shape index (κ2) is 5.40. The number of hydrogen-bond donors (Lipinski definition) is 0. The minimum atomic E-state index is -2.99. The van der Waals surface area contributed by atoms with Gasteiger partial charge in [0.1, 0.15) is 15.5 Å². The molecule has 4 nitrogen and oxygen atoms in total. The van der Waals surface area contributed by atoms with Crippen molar-refractivity contribution in [3.63, 3.8) is 0 Å². The summed E-state index contributed by atoms with van der Waals surface area (Å²) < 4.78 is 21.9. The van der Waals surface area contributed by atoms with Crippen LogP contribution in [0.2, 0.25) is 0 Å². The fraction of sp³-hybridized carbons (Fsp3) is 0.500. The number of pyridine rings is 1. The molecule has 1 aromatic rings. The molecule has 0 saturated heterocycles. The third-order valence-corrected chi connectivity index (χ3v) is 3.43. The van der Waals surface area contributed by atoms with E-state index in [2.05, 4.69) is 4.98 Å². The van der Waals surface area contributed by atoms with Crippen molar-refractivity contribution >= 4 is 15.6 Å². The maximum Gasteiger partial charge on any atom is 0.181 e. The van der Waals surface area contributed by atoms with Crippen molar-refractivity contribution in [2.45, 2.75) is 26.7 Å². The van der Waals surface area contributed by atoms with Crippen LogP contribution in [0.15, 0.2) is 12.3 Å². The van der Waals surface area contributed by atoms with Gasteiger partial charge in [-0.1, -0.05) is 6.07 Å². The zero-order valence-electron chi connectivity index (χ0n) is 10.4. The van der Waals surface area contributed by atoms with E-state index in [9.17, 15) is 13.2 Å². The van der Waals surface area contributed by atoms with E-state index in [0.717, 1.165) is 11.1 Å². The lowest BCUT2D eigenvalue weighted by atomic mass is 10.1. The Kier molecular flexibility index (Phi) is 4.40. The predicted octanol–water partition coefficient (Wildman–Crippen LogP) is 1.71. The highest BCUT2D eigenvalue weighted by Gasteiger charge is 2.12. The molecule has 0 saturated carbocycles. The maximum absolute atomic E-state index is 11.8. The largest absolute Gasteiger partial charge is 0.292 e. The molecule has 1 heterocycles. The van der Waals surface area contributed by atoms with Crippen LogP contribution in [0.4, 0.5) is 0 Å². The maximum atomic E-state index is 11.8. The van der Waals surface area contributed by atoms with Gasteiger partial charge in [0.25, 0.3) is 0 Å². The second-order valence-electron chi connectivity index (χ2n) is 4.33. The first kappa shape index (κ1) is 13.8. The molecule has 0 amide bonds. The second-order valence-corrected chi connectivity index (χ2v) is 6.59. The monoisotopic (exact) mass is 255 g/mol. The topological polar surface area (TPSA) is 64.1 Å². The SMILES string of the molecule is Cc1cnc(C(=O)CCCS(C)(=O)=O)c(C)c1. The van der Waals surface area contributed by atoms with Crippen LogP contribution in [0.1, 0.15) is 34.5 Å². The highest BCUT2D eigenvalue weighted by Crippen LogP contribution is 2.10. The molecule has 0 atom stereocenters. The Bertz CT molecular complexity index is 521. The van der Waals surface area contributed by atoms with E-state index in [1.807, 2.05) is 19.9 Å². The highest BCUT2D eigenvalue weighted by atomic mass is 32.2. The molecule has 17 heavy (non-hydrogen) atoms. The summed E-state index contributed by atoms with van der Waals surface area (Å²) in [6.45, 7) is 3.75. The van der Waals surface area contributed by atoms with Crippen molar-refractivity contribution in [1.29, 1.82) is 0 Å². The smallest absolute Gasteiger partial charge is 0.181 e. The summed E-state index contributed by atoms with van der Waals surface area (Å²) in [6.07, 6.45) is 3.40. The van der Waals surface area contributed by atoms with Gasteiger partial charge in [0.15, 0.2) is 5.78 Å². The summed E-state index contributed by atoms with van der Waals surface area (Å²) in [5, 5.41) is 0. The molecule has 0 spiro atoms. The average molecular weight is 255 g/mol.